The molecule has 0 aliphatic heterocycles. The van der Waals surface area contributed by atoms with Crippen LogP contribution in [-0.4, -0.2) is 32.6 Å². The van der Waals surface area contributed by atoms with Gasteiger partial charge in [0.1, 0.15) is 0 Å². The van der Waals surface area contributed by atoms with Crippen molar-refractivity contribution in [1.82, 2.24) is 9.97 Å². The second kappa shape index (κ2) is 14.1. The molecule has 0 saturated carbocycles. The predicted molar refractivity (Wildman–Crippen MR) is 104 cm³/mol. The van der Waals surface area contributed by atoms with E-state index in [1.54, 1.807) is 24.5 Å². The van der Waals surface area contributed by atoms with Gasteiger partial charge in [-0.1, -0.05) is 36.6 Å². The zero-order valence-electron chi connectivity index (χ0n) is 12.7. The number of rotatable bonds is 4. The first-order valence-electron chi connectivity index (χ1n) is 6.47. The number of hydrogen-bond acceptors (Lipinski definition) is 6. The number of nitrogens with two attached hydrogens (primary N) is 2. The van der Waals surface area contributed by atoms with Crippen LogP contribution >= 0.6 is 24.4 Å². The molecule has 0 amide bonds. The molecule has 0 bridgehead atoms. The Morgan fingerprint density at radius 3 is 1.52 bits per heavy atom. The average Bonchev–Trinajstić information content (AvgIpc) is 2.57. The van der Waals surface area contributed by atoms with E-state index in [1.165, 1.54) is 12.4 Å². The fourth-order valence-corrected chi connectivity index (χ4v) is 1.29. The van der Waals surface area contributed by atoms with Crippen molar-refractivity contribution in [3.63, 3.8) is 0 Å². The molecule has 0 fully saturated rings. The van der Waals surface area contributed by atoms with Crippen LogP contribution in [0.25, 0.3) is 10.9 Å². The van der Waals surface area contributed by atoms with E-state index in [2.05, 4.69) is 55.5 Å². The Balaban J connectivity index is 0.000000443. The maximum atomic E-state index is 5.09. The molecule has 0 aliphatic rings. The molecule has 0 atom stereocenters. The fraction of sp³-hybridized carbons (Fsp3) is 0. The van der Waals surface area contributed by atoms with Crippen LogP contribution in [-0.2, 0) is 21.1 Å². The van der Waals surface area contributed by atoms with Crippen molar-refractivity contribution in [2.75, 3.05) is 0 Å². The maximum absolute atomic E-state index is 5.09. The third-order valence-electron chi connectivity index (χ3n) is 2.07. The molecule has 2 aromatic rings. The van der Waals surface area contributed by atoms with Crippen molar-refractivity contribution in [2.24, 2.45) is 21.7 Å². The van der Waals surface area contributed by atoms with Gasteiger partial charge in [0.25, 0.3) is 0 Å². The van der Waals surface area contributed by atoms with Crippen molar-refractivity contribution in [3.05, 3.63) is 71.0 Å². The van der Waals surface area contributed by atoms with Crippen molar-refractivity contribution >= 4 is 47.1 Å². The second-order valence-corrected chi connectivity index (χ2v) is 4.71. The maximum Gasteiger partial charge on any atom is 2.00 e. The molecule has 132 valence electrons. The van der Waals surface area contributed by atoms with Crippen molar-refractivity contribution in [3.8, 4) is 0 Å². The van der Waals surface area contributed by atoms with Crippen LogP contribution in [0, 0.1) is 0 Å². The van der Waals surface area contributed by atoms with Gasteiger partial charge in [-0.15, -0.1) is 0 Å². The first-order valence-corrected chi connectivity index (χ1v) is 7.28. The largest absolute Gasteiger partial charge is 2.00 e. The van der Waals surface area contributed by atoms with E-state index in [-0.39, 0.29) is 31.3 Å². The SMILES string of the molecule is NC(=S)[N-]/N=C\c1ccccn1.NC(=S)[N-]/N=C\c1ccccn1.[Pt+2]. The van der Waals surface area contributed by atoms with E-state index in [4.69, 9.17) is 11.5 Å². The van der Waals surface area contributed by atoms with Crippen LogP contribution in [0.3, 0.4) is 0 Å². The van der Waals surface area contributed by atoms with E-state index < -0.39 is 0 Å². The minimum atomic E-state index is 0. The van der Waals surface area contributed by atoms with Crippen LogP contribution in [0.4, 0.5) is 0 Å². The van der Waals surface area contributed by atoms with Gasteiger partial charge in [-0.25, -0.2) is 0 Å². The molecule has 0 saturated heterocycles. The molecule has 0 radical (unpaired) electrons. The fourth-order valence-electron chi connectivity index (χ4n) is 1.19. The third-order valence-corrected chi connectivity index (χ3v) is 2.23. The van der Waals surface area contributed by atoms with E-state index in [0.29, 0.717) is 0 Å². The Kier molecular flexibility index (Phi) is 12.8. The van der Waals surface area contributed by atoms with Gasteiger partial charge in [0, 0.05) is 22.6 Å². The summed E-state index contributed by atoms with van der Waals surface area (Å²) in [4.78, 5) is 7.96. The molecule has 2 rings (SSSR count). The quantitative estimate of drug-likeness (QED) is 0.339. The zero-order valence-corrected chi connectivity index (χ0v) is 16.6. The summed E-state index contributed by atoms with van der Waals surface area (Å²) in [5, 5.41) is 7.26. The van der Waals surface area contributed by atoms with Gasteiger partial charge in [0.15, 0.2) is 0 Å². The van der Waals surface area contributed by atoms with Gasteiger partial charge in [0.05, 0.1) is 23.8 Å². The normalized spacial score (nSPS) is 9.60. The summed E-state index contributed by atoms with van der Waals surface area (Å²) in [5.74, 6) is 0. The number of thiocarbonyl (C=S) groups is 2. The summed E-state index contributed by atoms with van der Waals surface area (Å²) in [6.45, 7) is 0. The topological polar surface area (TPSA) is 131 Å². The molecule has 4 N–H and O–H groups in total. The van der Waals surface area contributed by atoms with Crippen LogP contribution < -0.4 is 11.5 Å². The molecule has 0 aliphatic carbocycles. The molecular weight excluding hydrogens is 539 g/mol. The number of pyridine rings is 2. The van der Waals surface area contributed by atoms with Crippen molar-refractivity contribution in [2.45, 2.75) is 0 Å². The molecule has 0 aromatic carbocycles. The standard InChI is InChI=1S/2C7H8N4S.Pt/c2*8-7(12)11-10-5-6-3-1-2-4-9-6;/h2*1-5H,(H3,8,9,11,12);/q;;+2/p-2. The van der Waals surface area contributed by atoms with Crippen molar-refractivity contribution < 1.29 is 21.1 Å². The Morgan fingerprint density at radius 1 is 0.840 bits per heavy atom. The minimum Gasteiger partial charge on any atom is -0.485 e. The van der Waals surface area contributed by atoms with Crippen LogP contribution in [0.2, 0.25) is 0 Å². The van der Waals surface area contributed by atoms with Crippen LogP contribution in [0.1, 0.15) is 11.4 Å². The smallest absolute Gasteiger partial charge is 0.485 e. The monoisotopic (exact) mass is 553 g/mol. The summed E-state index contributed by atoms with van der Waals surface area (Å²) in [7, 11) is 0. The summed E-state index contributed by atoms with van der Waals surface area (Å²) in [6.07, 6.45) is 6.31. The minimum absolute atomic E-state index is 0. The first-order chi connectivity index (χ1) is 11.6. The number of aromatic nitrogens is 2. The molecule has 2 heterocycles. The molecule has 2 aromatic heterocycles. The van der Waals surface area contributed by atoms with Crippen LogP contribution in [0.5, 0.6) is 0 Å². The van der Waals surface area contributed by atoms with Gasteiger partial charge in [-0.3, -0.25) is 20.2 Å². The van der Waals surface area contributed by atoms with E-state index in [0.717, 1.165) is 11.4 Å². The molecular formula is C14H14N8PtS2. The Labute approximate surface area is 170 Å². The molecule has 0 spiro atoms. The van der Waals surface area contributed by atoms with Gasteiger partial charge in [-0.2, -0.15) is 0 Å². The predicted octanol–water partition coefficient (Wildman–Crippen LogP) is 2.06. The molecule has 25 heavy (non-hydrogen) atoms. The van der Waals surface area contributed by atoms with Crippen LogP contribution in [0.15, 0.2) is 59.0 Å². The molecule has 0 unspecified atom stereocenters. The second-order valence-electron chi connectivity index (χ2n) is 3.87. The number of nitrogens with zero attached hydrogens (tertiary/aromatic N) is 6. The first kappa shape index (κ1) is 22.7. The van der Waals surface area contributed by atoms with Gasteiger partial charge in [0.2, 0.25) is 0 Å². The molecule has 11 heteroatoms. The summed E-state index contributed by atoms with van der Waals surface area (Å²) in [5.41, 5.74) is 18.5. The van der Waals surface area contributed by atoms with Gasteiger partial charge >= 0.3 is 21.1 Å². The summed E-state index contributed by atoms with van der Waals surface area (Å²) in [6, 6.07) is 11.0. The zero-order chi connectivity index (χ0) is 17.6. The van der Waals surface area contributed by atoms with E-state index in [9.17, 15) is 0 Å². The van der Waals surface area contributed by atoms with Gasteiger partial charge in [-0.05, 0) is 24.3 Å². The third kappa shape index (κ3) is 12.8. The van der Waals surface area contributed by atoms with Gasteiger partial charge < -0.3 is 22.3 Å². The van der Waals surface area contributed by atoms with E-state index in [1.807, 2.05) is 24.3 Å². The van der Waals surface area contributed by atoms with Crippen molar-refractivity contribution in [1.29, 1.82) is 0 Å². The summed E-state index contributed by atoms with van der Waals surface area (Å²) < 4.78 is 0. The Morgan fingerprint density at radius 2 is 1.24 bits per heavy atom. The molecule has 8 nitrogen and oxygen atoms in total. The Bertz CT molecular complexity index is 633. The number of hydrogen-bond donors (Lipinski definition) is 2. The summed E-state index contributed by atoms with van der Waals surface area (Å²) >= 11 is 8.98. The van der Waals surface area contributed by atoms with E-state index >= 15 is 0 Å². The Hall–Kier alpha value is -2.29. The average molecular weight is 554 g/mol.